The van der Waals surface area contributed by atoms with Gasteiger partial charge in [-0.25, -0.2) is 4.79 Å². The molecule has 0 aromatic carbocycles. The molecule has 0 radical (unpaired) electrons. The minimum absolute atomic E-state index is 0.00285. The van der Waals surface area contributed by atoms with Crippen molar-refractivity contribution >= 4 is 29.2 Å². The highest BCUT2D eigenvalue weighted by Crippen LogP contribution is 2.14. The second-order valence-corrected chi connectivity index (χ2v) is 7.11. The van der Waals surface area contributed by atoms with Crippen LogP contribution in [-0.2, 0) is 9.53 Å². The standard InChI is InChI=1S/C17H31N3O3S/c1-7-8-23-17(22)20(14(16(18)24)9-11(2)3)10-15(21)19-13(6)12(4)5/h7,11-14H,1,8-10H2,2-6H3,(H2,18,24)(H,19,21). The van der Waals surface area contributed by atoms with Crippen molar-refractivity contribution in [1.82, 2.24) is 10.2 Å². The van der Waals surface area contributed by atoms with E-state index in [-0.39, 0.29) is 41.9 Å². The van der Waals surface area contributed by atoms with E-state index in [1.54, 1.807) is 0 Å². The van der Waals surface area contributed by atoms with E-state index < -0.39 is 12.1 Å². The van der Waals surface area contributed by atoms with Crippen molar-refractivity contribution in [2.75, 3.05) is 13.2 Å². The summed E-state index contributed by atoms with van der Waals surface area (Å²) in [5.41, 5.74) is 5.81. The molecule has 0 aliphatic carbocycles. The van der Waals surface area contributed by atoms with E-state index in [4.69, 9.17) is 22.7 Å². The van der Waals surface area contributed by atoms with Crippen LogP contribution in [0, 0.1) is 11.8 Å². The molecule has 24 heavy (non-hydrogen) atoms. The van der Waals surface area contributed by atoms with Gasteiger partial charge in [-0.15, -0.1) is 0 Å². The van der Waals surface area contributed by atoms with Crippen LogP contribution < -0.4 is 11.1 Å². The fourth-order valence-corrected chi connectivity index (χ4v) is 2.20. The normalized spacial score (nSPS) is 13.3. The number of carbonyl (C=O) groups excluding carboxylic acids is 2. The molecule has 0 aromatic rings. The molecule has 0 spiro atoms. The summed E-state index contributed by atoms with van der Waals surface area (Å²) in [7, 11) is 0. The second kappa shape index (κ2) is 11.0. The van der Waals surface area contributed by atoms with Gasteiger partial charge in [-0.05, 0) is 25.2 Å². The van der Waals surface area contributed by atoms with Gasteiger partial charge in [0.2, 0.25) is 5.91 Å². The van der Waals surface area contributed by atoms with Gasteiger partial charge in [0.05, 0.1) is 11.0 Å². The Morgan fingerprint density at radius 3 is 2.29 bits per heavy atom. The van der Waals surface area contributed by atoms with Crippen molar-refractivity contribution in [3.05, 3.63) is 12.7 Å². The lowest BCUT2D eigenvalue weighted by molar-refractivity contribution is -0.123. The quantitative estimate of drug-likeness (QED) is 0.463. The van der Waals surface area contributed by atoms with E-state index in [1.807, 2.05) is 34.6 Å². The highest BCUT2D eigenvalue weighted by molar-refractivity contribution is 7.80. The van der Waals surface area contributed by atoms with Crippen molar-refractivity contribution in [2.45, 2.75) is 53.1 Å². The Morgan fingerprint density at radius 1 is 1.29 bits per heavy atom. The zero-order valence-corrected chi connectivity index (χ0v) is 16.2. The largest absolute Gasteiger partial charge is 0.445 e. The van der Waals surface area contributed by atoms with E-state index in [0.717, 1.165) is 0 Å². The van der Waals surface area contributed by atoms with Crippen LogP contribution >= 0.6 is 12.2 Å². The van der Waals surface area contributed by atoms with E-state index in [2.05, 4.69) is 11.9 Å². The molecule has 6 nitrogen and oxygen atoms in total. The minimum atomic E-state index is -0.624. The van der Waals surface area contributed by atoms with Crippen LogP contribution in [0.4, 0.5) is 4.79 Å². The monoisotopic (exact) mass is 357 g/mol. The smallest absolute Gasteiger partial charge is 0.411 e. The van der Waals surface area contributed by atoms with Crippen LogP contribution in [0.1, 0.15) is 41.0 Å². The molecule has 7 heteroatoms. The van der Waals surface area contributed by atoms with Gasteiger partial charge in [0.15, 0.2) is 0 Å². The minimum Gasteiger partial charge on any atom is -0.445 e. The highest BCUT2D eigenvalue weighted by atomic mass is 32.1. The molecule has 0 aliphatic heterocycles. The zero-order chi connectivity index (χ0) is 18.9. The average Bonchev–Trinajstić information content (AvgIpc) is 2.47. The molecule has 2 atom stereocenters. The molecule has 2 amide bonds. The predicted molar refractivity (Wildman–Crippen MR) is 101 cm³/mol. The van der Waals surface area contributed by atoms with Crippen molar-refractivity contribution in [2.24, 2.45) is 17.6 Å². The van der Waals surface area contributed by atoms with E-state index >= 15 is 0 Å². The Kier molecular flexibility index (Phi) is 10.3. The van der Waals surface area contributed by atoms with Crippen molar-refractivity contribution in [1.29, 1.82) is 0 Å². The molecule has 0 aliphatic rings. The molecular formula is C17H31N3O3S. The summed E-state index contributed by atoms with van der Waals surface area (Å²) in [6.45, 7) is 13.4. The van der Waals surface area contributed by atoms with Gasteiger partial charge in [-0.2, -0.15) is 0 Å². The lowest BCUT2D eigenvalue weighted by Crippen LogP contribution is -2.53. The first-order valence-corrected chi connectivity index (χ1v) is 8.63. The molecular weight excluding hydrogens is 326 g/mol. The molecule has 0 fully saturated rings. The molecule has 3 N–H and O–H groups in total. The number of amides is 2. The van der Waals surface area contributed by atoms with Crippen LogP contribution in [0.15, 0.2) is 12.7 Å². The number of thiocarbonyl (C=S) groups is 1. The van der Waals surface area contributed by atoms with Gasteiger partial charge in [0.1, 0.15) is 13.2 Å². The summed E-state index contributed by atoms with van der Waals surface area (Å²) in [6, 6.07) is -0.533. The topological polar surface area (TPSA) is 84.7 Å². The van der Waals surface area contributed by atoms with Gasteiger partial charge in [0.25, 0.3) is 0 Å². The maximum atomic E-state index is 12.3. The Hall–Kier alpha value is -1.63. The van der Waals surface area contributed by atoms with Gasteiger partial charge in [0, 0.05) is 6.04 Å². The number of rotatable bonds is 10. The van der Waals surface area contributed by atoms with Crippen LogP contribution in [0.5, 0.6) is 0 Å². The summed E-state index contributed by atoms with van der Waals surface area (Å²) in [5, 5.41) is 2.88. The molecule has 0 aromatic heterocycles. The lowest BCUT2D eigenvalue weighted by Gasteiger charge is -2.31. The summed E-state index contributed by atoms with van der Waals surface area (Å²) >= 11 is 5.10. The van der Waals surface area contributed by atoms with Crippen LogP contribution in [-0.4, -0.2) is 47.1 Å². The zero-order valence-electron chi connectivity index (χ0n) is 15.4. The van der Waals surface area contributed by atoms with Crippen LogP contribution in [0.2, 0.25) is 0 Å². The maximum Gasteiger partial charge on any atom is 0.411 e. The molecule has 0 saturated carbocycles. The third-order valence-corrected chi connectivity index (χ3v) is 3.93. The van der Waals surface area contributed by atoms with Crippen molar-refractivity contribution < 1.29 is 14.3 Å². The fourth-order valence-electron chi connectivity index (χ4n) is 1.98. The Balaban J connectivity index is 5.22. The third kappa shape index (κ3) is 8.29. The molecule has 0 heterocycles. The molecule has 2 unspecified atom stereocenters. The molecule has 0 saturated heterocycles. The van der Waals surface area contributed by atoms with Crippen LogP contribution in [0.25, 0.3) is 0 Å². The maximum absolute atomic E-state index is 12.3. The first-order chi connectivity index (χ1) is 11.1. The predicted octanol–water partition coefficient (Wildman–Crippen LogP) is 2.47. The summed E-state index contributed by atoms with van der Waals surface area (Å²) in [4.78, 5) is 26.1. The summed E-state index contributed by atoms with van der Waals surface area (Å²) in [6.07, 6.45) is 1.40. The number of ether oxygens (including phenoxy) is 1. The third-order valence-electron chi connectivity index (χ3n) is 3.66. The Labute approximate surface area is 150 Å². The SMILES string of the molecule is C=CCOC(=O)N(CC(=O)NC(C)C(C)C)C(CC(C)C)C(N)=S. The number of carbonyl (C=O) groups is 2. The van der Waals surface area contributed by atoms with Gasteiger partial charge < -0.3 is 15.8 Å². The number of hydrogen-bond donors (Lipinski definition) is 2. The molecule has 0 bridgehead atoms. The first-order valence-electron chi connectivity index (χ1n) is 8.23. The Morgan fingerprint density at radius 2 is 1.88 bits per heavy atom. The number of hydrogen-bond acceptors (Lipinski definition) is 4. The summed E-state index contributed by atoms with van der Waals surface area (Å²) < 4.78 is 5.09. The molecule has 138 valence electrons. The lowest BCUT2D eigenvalue weighted by atomic mass is 10.0. The second-order valence-electron chi connectivity index (χ2n) is 6.64. The van der Waals surface area contributed by atoms with Crippen molar-refractivity contribution in [3.63, 3.8) is 0 Å². The van der Waals surface area contributed by atoms with Gasteiger partial charge in [-0.1, -0.05) is 52.6 Å². The van der Waals surface area contributed by atoms with Crippen LogP contribution in [0.3, 0.4) is 0 Å². The van der Waals surface area contributed by atoms with E-state index in [0.29, 0.717) is 6.42 Å². The van der Waals surface area contributed by atoms with E-state index in [1.165, 1.54) is 11.0 Å². The van der Waals surface area contributed by atoms with E-state index in [9.17, 15) is 9.59 Å². The van der Waals surface area contributed by atoms with Crippen molar-refractivity contribution in [3.8, 4) is 0 Å². The highest BCUT2D eigenvalue weighted by Gasteiger charge is 2.30. The Bertz CT molecular complexity index is 452. The number of nitrogens with zero attached hydrogens (tertiary/aromatic N) is 1. The average molecular weight is 358 g/mol. The number of nitrogens with one attached hydrogen (secondary N) is 1. The summed E-state index contributed by atoms with van der Waals surface area (Å²) in [5.74, 6) is 0.276. The fraction of sp³-hybridized carbons (Fsp3) is 0.706. The van der Waals surface area contributed by atoms with Gasteiger partial charge >= 0.3 is 6.09 Å². The molecule has 0 rings (SSSR count). The van der Waals surface area contributed by atoms with Gasteiger partial charge in [-0.3, -0.25) is 9.69 Å². The first kappa shape index (κ1) is 22.4. The number of nitrogens with two attached hydrogens (primary N) is 1.